The molecule has 1 heterocycles. The minimum Gasteiger partial charge on any atom is -0.495 e. The molecule has 4 nitrogen and oxygen atoms in total. The Labute approximate surface area is 136 Å². The molecular weight excluding hydrogens is 319 g/mol. The van der Waals surface area contributed by atoms with E-state index in [4.69, 9.17) is 26.8 Å². The van der Waals surface area contributed by atoms with Gasteiger partial charge in [-0.2, -0.15) is 13.5 Å². The predicted molar refractivity (Wildman–Crippen MR) is 90.1 cm³/mol. The summed E-state index contributed by atoms with van der Waals surface area (Å²) >= 11 is 6.09. The van der Waals surface area contributed by atoms with Crippen LogP contribution in [0.25, 0.3) is 10.9 Å². The summed E-state index contributed by atoms with van der Waals surface area (Å²) in [6.45, 7) is 1.89. The van der Waals surface area contributed by atoms with Crippen LogP contribution in [-0.2, 0) is 0 Å². The van der Waals surface area contributed by atoms with Crippen molar-refractivity contribution in [1.82, 2.24) is 4.98 Å². The molecule has 20 heavy (non-hydrogen) atoms. The Morgan fingerprint density at radius 1 is 1.20 bits per heavy atom. The van der Waals surface area contributed by atoms with Crippen LogP contribution in [0.5, 0.6) is 11.6 Å². The maximum atomic E-state index is 6.09. The third-order valence-corrected chi connectivity index (χ3v) is 3.06. The molecule has 0 aliphatic heterocycles. The molecule has 2 N–H and O–H groups in total. The van der Waals surface area contributed by atoms with Gasteiger partial charge in [0.25, 0.3) is 0 Å². The number of nitrogens with two attached hydrogens (primary N) is 1. The van der Waals surface area contributed by atoms with Crippen LogP contribution < -0.4 is 15.2 Å². The average molecular weight is 337 g/mol. The van der Waals surface area contributed by atoms with Crippen molar-refractivity contribution in [2.45, 2.75) is 13.0 Å². The van der Waals surface area contributed by atoms with E-state index in [1.807, 2.05) is 19.1 Å². The number of methoxy groups -OCH3 is 2. The summed E-state index contributed by atoms with van der Waals surface area (Å²) in [7, 11) is 3.15. The minimum absolute atomic E-state index is 0. The van der Waals surface area contributed by atoms with Gasteiger partial charge in [-0.05, 0) is 19.1 Å². The van der Waals surface area contributed by atoms with Gasteiger partial charge in [-0.25, -0.2) is 4.98 Å². The summed E-state index contributed by atoms with van der Waals surface area (Å²) in [4.78, 5) is 4.42. The van der Waals surface area contributed by atoms with E-state index in [0.29, 0.717) is 16.7 Å². The number of hydrogen-bond acceptors (Lipinski definition) is 4. The van der Waals surface area contributed by atoms with E-state index in [9.17, 15) is 0 Å². The third kappa shape index (κ3) is 3.61. The van der Waals surface area contributed by atoms with E-state index in [-0.39, 0.29) is 31.9 Å². The standard InChI is InChI=1S/C13H15ClN2O2.ClH.H2S/c1-7(15)9-4-8-5-10(14)12(17-2)6-11(8)16-13(9)18-3;;/h4-7H,15H2,1-3H3;1H;1H2/t7-;;/m0../s1. The van der Waals surface area contributed by atoms with E-state index in [0.717, 1.165) is 16.5 Å². The van der Waals surface area contributed by atoms with Gasteiger partial charge in [0.2, 0.25) is 5.88 Å². The van der Waals surface area contributed by atoms with Crippen LogP contribution in [0, 0.1) is 0 Å². The quantitative estimate of drug-likeness (QED) is 0.932. The van der Waals surface area contributed by atoms with Crippen LogP contribution >= 0.6 is 37.5 Å². The molecule has 0 saturated heterocycles. The van der Waals surface area contributed by atoms with Crippen molar-refractivity contribution >= 4 is 48.4 Å². The second kappa shape index (κ2) is 7.78. The Morgan fingerprint density at radius 3 is 2.35 bits per heavy atom. The molecule has 0 unspecified atom stereocenters. The highest BCUT2D eigenvalue weighted by Gasteiger charge is 2.13. The number of halogens is 2. The summed E-state index contributed by atoms with van der Waals surface area (Å²) < 4.78 is 10.4. The van der Waals surface area contributed by atoms with E-state index < -0.39 is 0 Å². The van der Waals surface area contributed by atoms with E-state index in [1.54, 1.807) is 20.3 Å². The van der Waals surface area contributed by atoms with Crippen LogP contribution in [0.4, 0.5) is 0 Å². The van der Waals surface area contributed by atoms with Gasteiger partial charge in [-0.1, -0.05) is 11.6 Å². The molecule has 0 bridgehead atoms. The van der Waals surface area contributed by atoms with Crippen molar-refractivity contribution in [3.63, 3.8) is 0 Å². The topological polar surface area (TPSA) is 57.4 Å². The zero-order chi connectivity index (χ0) is 13.3. The van der Waals surface area contributed by atoms with Crippen molar-refractivity contribution in [3.8, 4) is 11.6 Å². The Morgan fingerprint density at radius 2 is 1.85 bits per heavy atom. The van der Waals surface area contributed by atoms with Crippen LogP contribution in [0.15, 0.2) is 18.2 Å². The molecule has 0 spiro atoms. The fourth-order valence-corrected chi connectivity index (χ4v) is 2.07. The molecule has 1 atom stereocenters. The molecule has 0 fully saturated rings. The van der Waals surface area contributed by atoms with Crippen molar-refractivity contribution in [2.75, 3.05) is 14.2 Å². The number of ether oxygens (including phenoxy) is 2. The van der Waals surface area contributed by atoms with Crippen LogP contribution in [-0.4, -0.2) is 19.2 Å². The molecule has 0 saturated carbocycles. The van der Waals surface area contributed by atoms with Crippen LogP contribution in [0.1, 0.15) is 18.5 Å². The van der Waals surface area contributed by atoms with Gasteiger partial charge in [-0.3, -0.25) is 0 Å². The maximum absolute atomic E-state index is 6.09. The lowest BCUT2D eigenvalue weighted by molar-refractivity contribution is 0.391. The zero-order valence-corrected chi connectivity index (χ0v) is 14.0. The molecule has 1 aromatic heterocycles. The highest BCUT2D eigenvalue weighted by Crippen LogP contribution is 2.32. The van der Waals surface area contributed by atoms with Gasteiger partial charge < -0.3 is 15.2 Å². The van der Waals surface area contributed by atoms with Crippen molar-refractivity contribution in [1.29, 1.82) is 0 Å². The third-order valence-electron chi connectivity index (χ3n) is 2.76. The largest absolute Gasteiger partial charge is 0.495 e. The number of hydrogen-bond donors (Lipinski definition) is 1. The number of pyridine rings is 1. The fraction of sp³-hybridized carbons (Fsp3) is 0.308. The lowest BCUT2D eigenvalue weighted by atomic mass is 10.1. The van der Waals surface area contributed by atoms with Gasteiger partial charge in [-0.15, -0.1) is 12.4 Å². The Hall–Kier alpha value is -0.880. The Kier molecular flexibility index (Phi) is 7.44. The highest BCUT2D eigenvalue weighted by molar-refractivity contribution is 7.59. The fourth-order valence-electron chi connectivity index (χ4n) is 1.82. The molecule has 0 radical (unpaired) electrons. The van der Waals surface area contributed by atoms with Gasteiger partial charge in [0.1, 0.15) is 5.75 Å². The maximum Gasteiger partial charge on any atom is 0.218 e. The number of fused-ring (bicyclic) bond motifs is 1. The van der Waals surface area contributed by atoms with Gasteiger partial charge in [0.05, 0.1) is 24.8 Å². The number of rotatable bonds is 3. The normalized spacial score (nSPS) is 11.2. The summed E-state index contributed by atoms with van der Waals surface area (Å²) in [5.74, 6) is 1.12. The van der Waals surface area contributed by atoms with Gasteiger partial charge >= 0.3 is 0 Å². The number of nitrogens with zero attached hydrogens (tertiary/aromatic N) is 1. The SMILES string of the molecule is COc1cc2nc(OC)c([C@H](C)N)cc2cc1Cl.Cl.S. The summed E-state index contributed by atoms with van der Waals surface area (Å²) in [6.07, 6.45) is 0. The predicted octanol–water partition coefficient (Wildman–Crippen LogP) is 3.46. The summed E-state index contributed by atoms with van der Waals surface area (Å²) in [5, 5.41) is 1.46. The smallest absolute Gasteiger partial charge is 0.218 e. The first-order chi connectivity index (χ1) is 8.56. The lowest BCUT2D eigenvalue weighted by Crippen LogP contribution is -2.08. The minimum atomic E-state index is -0.155. The second-order valence-corrected chi connectivity index (χ2v) is 4.46. The first-order valence-electron chi connectivity index (χ1n) is 5.54. The van der Waals surface area contributed by atoms with Crippen LogP contribution in [0.2, 0.25) is 5.02 Å². The first kappa shape index (κ1) is 19.1. The van der Waals surface area contributed by atoms with E-state index in [1.165, 1.54) is 0 Å². The molecule has 0 amide bonds. The van der Waals surface area contributed by atoms with Crippen molar-refractivity contribution < 1.29 is 9.47 Å². The summed E-state index contributed by atoms with van der Waals surface area (Å²) in [6, 6.07) is 5.38. The number of aromatic nitrogens is 1. The molecular formula is C13H18Cl2N2O2S. The van der Waals surface area contributed by atoms with Gasteiger partial charge in [0.15, 0.2) is 0 Å². The molecule has 2 aromatic rings. The monoisotopic (exact) mass is 336 g/mol. The second-order valence-electron chi connectivity index (χ2n) is 4.06. The lowest BCUT2D eigenvalue weighted by Gasteiger charge is -2.13. The Balaban J connectivity index is 0.00000180. The average Bonchev–Trinajstić information content (AvgIpc) is 2.36. The van der Waals surface area contributed by atoms with Gasteiger partial charge in [0, 0.05) is 23.1 Å². The molecule has 112 valence electrons. The molecule has 0 aliphatic carbocycles. The van der Waals surface area contributed by atoms with Crippen LogP contribution in [0.3, 0.4) is 0 Å². The molecule has 0 aliphatic rings. The highest BCUT2D eigenvalue weighted by atomic mass is 35.5. The number of benzene rings is 1. The first-order valence-corrected chi connectivity index (χ1v) is 5.92. The summed E-state index contributed by atoms with van der Waals surface area (Å²) in [5.41, 5.74) is 7.51. The van der Waals surface area contributed by atoms with Crippen molar-refractivity contribution in [3.05, 3.63) is 28.8 Å². The van der Waals surface area contributed by atoms with Crippen molar-refractivity contribution in [2.24, 2.45) is 5.73 Å². The Bertz CT molecular complexity index is 594. The molecule has 7 heteroatoms. The molecule has 2 rings (SSSR count). The van der Waals surface area contributed by atoms with E-state index >= 15 is 0 Å². The zero-order valence-electron chi connectivity index (χ0n) is 11.4. The molecule has 1 aromatic carbocycles. The van der Waals surface area contributed by atoms with E-state index in [2.05, 4.69) is 4.98 Å².